The molecule has 1 fully saturated rings. The van der Waals surface area contributed by atoms with Crippen LogP contribution in [0.2, 0.25) is 0 Å². The molecule has 1 saturated carbocycles. The van der Waals surface area contributed by atoms with Crippen LogP contribution < -0.4 is 10.6 Å². The number of ether oxygens (including phenoxy) is 2. The third-order valence-electron chi connectivity index (χ3n) is 8.44. The molecule has 0 radical (unpaired) electrons. The van der Waals surface area contributed by atoms with Crippen LogP contribution in [0.4, 0.5) is 0 Å². The van der Waals surface area contributed by atoms with Gasteiger partial charge < -0.3 is 29.1 Å². The first-order chi connectivity index (χ1) is 21.9. The highest BCUT2D eigenvalue weighted by molar-refractivity contribution is 7.45. The number of carbonyl (C=O) groups is 2. The zero-order chi connectivity index (χ0) is 32.9. The monoisotopic (exact) mass is 660 g/mol. The molecule has 0 aromatic heterocycles. The Hall–Kier alpha value is -0.990. The van der Waals surface area contributed by atoms with E-state index in [1.165, 1.54) is 116 Å². The van der Waals surface area contributed by atoms with Crippen LogP contribution >= 0.6 is 7.82 Å². The maximum Gasteiger partial charge on any atom is 0.306 e. The fourth-order valence-electron chi connectivity index (χ4n) is 5.45. The van der Waals surface area contributed by atoms with Crippen molar-refractivity contribution in [1.29, 1.82) is 0 Å². The quantitative estimate of drug-likeness (QED) is 0.0408. The molecule has 2 N–H and O–H groups in total. The number of phosphoric acid groups is 1. The molecule has 0 heterocycles. The Kier molecular flexibility index (Phi) is 27.2. The lowest BCUT2D eigenvalue weighted by molar-refractivity contribution is -0.228. The van der Waals surface area contributed by atoms with Gasteiger partial charge in [0.15, 0.2) is 6.10 Å². The highest BCUT2D eigenvalue weighted by atomic mass is 31.2. The number of hydrogen-bond acceptors (Lipinski definition) is 9. The summed E-state index contributed by atoms with van der Waals surface area (Å²) in [5, 5.41) is 0. The van der Waals surface area contributed by atoms with Crippen LogP contribution in [0.25, 0.3) is 0 Å². The van der Waals surface area contributed by atoms with Gasteiger partial charge in [-0.25, -0.2) is 0 Å². The first kappa shape index (κ1) is 42.0. The van der Waals surface area contributed by atoms with Gasteiger partial charge in [-0.3, -0.25) is 14.2 Å². The Morgan fingerprint density at radius 3 is 1.64 bits per heavy atom. The highest BCUT2D eigenvalue weighted by Gasteiger charge is 2.21. The summed E-state index contributed by atoms with van der Waals surface area (Å²) in [5.41, 5.74) is 5.30. The molecule has 1 aliphatic carbocycles. The second kappa shape index (κ2) is 29.2. The van der Waals surface area contributed by atoms with E-state index in [9.17, 15) is 19.0 Å². The lowest BCUT2D eigenvalue weighted by Gasteiger charge is -2.25. The molecule has 266 valence electrons. The molecule has 0 aliphatic heterocycles. The lowest BCUT2D eigenvalue weighted by Crippen LogP contribution is -2.30. The Labute approximate surface area is 275 Å². The molecule has 0 aromatic carbocycles. The summed E-state index contributed by atoms with van der Waals surface area (Å²) >= 11 is 0. The highest BCUT2D eigenvalue weighted by Crippen LogP contribution is 2.38. The van der Waals surface area contributed by atoms with E-state index in [4.69, 9.17) is 19.7 Å². The summed E-state index contributed by atoms with van der Waals surface area (Å²) in [5.74, 6) is 0.183. The first-order valence-electron chi connectivity index (χ1n) is 18.5. The number of phosphoric ester groups is 1. The Morgan fingerprint density at radius 1 is 0.689 bits per heavy atom. The van der Waals surface area contributed by atoms with E-state index >= 15 is 0 Å². The summed E-state index contributed by atoms with van der Waals surface area (Å²) < 4.78 is 32.2. The van der Waals surface area contributed by atoms with E-state index in [1.807, 2.05) is 0 Å². The van der Waals surface area contributed by atoms with Crippen molar-refractivity contribution in [3.63, 3.8) is 0 Å². The minimum atomic E-state index is -4.61. The minimum absolute atomic E-state index is 0.0190. The van der Waals surface area contributed by atoms with Gasteiger partial charge in [-0.2, -0.15) is 0 Å². The van der Waals surface area contributed by atoms with E-state index in [0.717, 1.165) is 38.0 Å². The van der Waals surface area contributed by atoms with Crippen LogP contribution in [0.15, 0.2) is 0 Å². The summed E-state index contributed by atoms with van der Waals surface area (Å²) in [4.78, 5) is 36.7. The van der Waals surface area contributed by atoms with E-state index in [-0.39, 0.29) is 32.6 Å². The van der Waals surface area contributed by atoms with Gasteiger partial charge in [-0.05, 0) is 18.8 Å². The topological polar surface area (TPSA) is 137 Å². The molecule has 9 nitrogen and oxygen atoms in total. The number of unbranched alkanes of at least 4 members (excludes halogenated alkanes) is 19. The van der Waals surface area contributed by atoms with Gasteiger partial charge in [0.25, 0.3) is 7.82 Å². The fraction of sp³-hybridized carbons (Fsp3) is 0.943. The van der Waals surface area contributed by atoms with E-state index < -0.39 is 32.5 Å². The van der Waals surface area contributed by atoms with Crippen LogP contribution in [0.1, 0.15) is 174 Å². The van der Waals surface area contributed by atoms with Gasteiger partial charge in [-0.15, -0.1) is 0 Å². The van der Waals surface area contributed by atoms with Gasteiger partial charge in [0.2, 0.25) is 0 Å². The maximum absolute atomic E-state index is 12.5. The second-order valence-corrected chi connectivity index (χ2v) is 14.4. The molecule has 1 unspecified atom stereocenters. The van der Waals surface area contributed by atoms with Crippen molar-refractivity contribution >= 4 is 19.8 Å². The molecule has 10 heteroatoms. The molecular formula is C35H67NO8P-. The largest absolute Gasteiger partial charge is 0.756 e. The molecule has 1 aliphatic rings. The van der Waals surface area contributed by atoms with Crippen molar-refractivity contribution in [3.8, 4) is 0 Å². The Balaban J connectivity index is 2.19. The standard InChI is InChI=1S/C35H68NO8P/c1-2-3-4-5-6-7-8-9-12-15-18-21-24-34(37)41-30-33(31-43-45(39,40)42-29-28-36)44-35(38)25-22-19-16-13-10-11-14-17-20-23-32-26-27-32/h32-33H,2-31,36H2,1H3,(H,39,40)/p-1/t33-/m0/s1. The normalized spacial score (nSPS) is 15.1. The fourth-order valence-corrected chi connectivity index (χ4v) is 6.20. The van der Waals surface area contributed by atoms with Crippen molar-refractivity contribution in [2.24, 2.45) is 11.7 Å². The lowest BCUT2D eigenvalue weighted by atomic mass is 10.0. The maximum atomic E-state index is 12.5. The van der Waals surface area contributed by atoms with Gasteiger partial charge in [0.05, 0.1) is 13.2 Å². The average Bonchev–Trinajstić information content (AvgIpc) is 3.85. The predicted molar refractivity (Wildman–Crippen MR) is 179 cm³/mol. The van der Waals surface area contributed by atoms with Gasteiger partial charge in [0.1, 0.15) is 6.61 Å². The molecule has 0 aromatic rings. The molecule has 0 amide bonds. The summed E-state index contributed by atoms with van der Waals surface area (Å²) in [7, 11) is -4.61. The average molecular weight is 661 g/mol. The van der Waals surface area contributed by atoms with Crippen molar-refractivity contribution in [2.75, 3.05) is 26.4 Å². The van der Waals surface area contributed by atoms with E-state index in [1.54, 1.807) is 0 Å². The number of rotatable bonds is 34. The smallest absolute Gasteiger partial charge is 0.306 e. The van der Waals surface area contributed by atoms with Crippen LogP contribution in [-0.4, -0.2) is 44.4 Å². The summed E-state index contributed by atoms with van der Waals surface area (Å²) in [6.07, 6.45) is 28.7. The Bertz CT molecular complexity index is 764. The van der Waals surface area contributed by atoms with Crippen molar-refractivity contribution in [2.45, 2.75) is 180 Å². The minimum Gasteiger partial charge on any atom is -0.756 e. The van der Waals surface area contributed by atoms with Crippen molar-refractivity contribution < 1.29 is 37.6 Å². The SMILES string of the molecule is CCCCCCCCCCCCCCC(=O)OC[C@@H](COP(=O)([O-])OCCN)OC(=O)CCCCCCCCCCCC1CC1. The number of hydrogen-bond donors (Lipinski definition) is 1. The van der Waals surface area contributed by atoms with Gasteiger partial charge in [0, 0.05) is 19.4 Å². The van der Waals surface area contributed by atoms with Crippen LogP contribution in [0.3, 0.4) is 0 Å². The summed E-state index contributed by atoms with van der Waals surface area (Å²) in [6.45, 7) is 1.30. The Morgan fingerprint density at radius 2 is 1.16 bits per heavy atom. The third-order valence-corrected chi connectivity index (χ3v) is 9.40. The number of esters is 2. The van der Waals surface area contributed by atoms with E-state index in [2.05, 4.69) is 11.4 Å². The first-order valence-corrected chi connectivity index (χ1v) is 20.0. The molecule has 45 heavy (non-hydrogen) atoms. The van der Waals surface area contributed by atoms with Crippen molar-refractivity contribution in [1.82, 2.24) is 0 Å². The second-order valence-electron chi connectivity index (χ2n) is 13.0. The molecule has 2 atom stereocenters. The summed E-state index contributed by atoms with van der Waals surface area (Å²) in [6, 6.07) is 0. The number of nitrogens with two attached hydrogens (primary N) is 1. The molecule has 0 saturated heterocycles. The molecule has 1 rings (SSSR count). The van der Waals surface area contributed by atoms with E-state index in [0.29, 0.717) is 6.42 Å². The third kappa shape index (κ3) is 28.9. The number of carbonyl (C=O) groups excluding carboxylic acids is 2. The van der Waals surface area contributed by atoms with Crippen LogP contribution in [-0.2, 0) is 32.7 Å². The predicted octanol–water partition coefficient (Wildman–Crippen LogP) is 8.69. The zero-order valence-electron chi connectivity index (χ0n) is 28.7. The van der Waals surface area contributed by atoms with Crippen molar-refractivity contribution in [3.05, 3.63) is 0 Å². The van der Waals surface area contributed by atoms with Crippen LogP contribution in [0, 0.1) is 5.92 Å². The molecule has 0 spiro atoms. The zero-order valence-corrected chi connectivity index (χ0v) is 29.6. The molecular weight excluding hydrogens is 593 g/mol. The van der Waals surface area contributed by atoms with Crippen LogP contribution in [0.5, 0.6) is 0 Å². The van der Waals surface area contributed by atoms with Gasteiger partial charge in [-0.1, -0.05) is 148 Å². The van der Waals surface area contributed by atoms with Gasteiger partial charge >= 0.3 is 11.9 Å². The molecule has 0 bridgehead atoms.